The predicted molar refractivity (Wildman–Crippen MR) is 88.2 cm³/mol. The average molecular weight is 334 g/mol. The summed E-state index contributed by atoms with van der Waals surface area (Å²) in [6, 6.07) is 10.8. The Labute approximate surface area is 140 Å². The van der Waals surface area contributed by atoms with E-state index in [-0.39, 0.29) is 5.82 Å². The summed E-state index contributed by atoms with van der Waals surface area (Å²) < 4.78 is 39.4. The number of hydrogen-bond donors (Lipinski definition) is 0. The molecule has 2 nitrogen and oxygen atoms in total. The van der Waals surface area contributed by atoms with E-state index in [2.05, 4.69) is 9.80 Å². The fraction of sp³-hybridized carbons (Fsp3) is 0.368. The summed E-state index contributed by atoms with van der Waals surface area (Å²) in [5.41, 5.74) is 1.81. The third-order valence-corrected chi connectivity index (χ3v) is 4.46. The summed E-state index contributed by atoms with van der Waals surface area (Å²) in [6.07, 6.45) is 0.834. The Bertz CT molecular complexity index is 682. The van der Waals surface area contributed by atoms with Crippen LogP contribution in [0.1, 0.15) is 11.1 Å². The van der Waals surface area contributed by atoms with Crippen molar-refractivity contribution >= 4 is 0 Å². The van der Waals surface area contributed by atoms with Crippen molar-refractivity contribution in [3.63, 3.8) is 0 Å². The van der Waals surface area contributed by atoms with Gasteiger partial charge in [0, 0.05) is 39.3 Å². The summed E-state index contributed by atoms with van der Waals surface area (Å²) in [5, 5.41) is 0. The lowest BCUT2D eigenvalue weighted by molar-refractivity contribution is 0.128. The minimum absolute atomic E-state index is 0.191. The molecule has 1 aliphatic heterocycles. The zero-order valence-electron chi connectivity index (χ0n) is 13.5. The number of hydrogen-bond acceptors (Lipinski definition) is 2. The lowest BCUT2D eigenvalue weighted by Gasteiger charge is -2.34. The van der Waals surface area contributed by atoms with E-state index >= 15 is 0 Å². The topological polar surface area (TPSA) is 6.48 Å². The van der Waals surface area contributed by atoms with Crippen LogP contribution < -0.4 is 0 Å². The second-order valence-corrected chi connectivity index (χ2v) is 6.25. The van der Waals surface area contributed by atoms with Gasteiger partial charge in [0.05, 0.1) is 0 Å². The molecule has 0 bridgehead atoms. The smallest absolute Gasteiger partial charge is 0.159 e. The summed E-state index contributed by atoms with van der Waals surface area (Å²) in [6.45, 7) is 5.18. The van der Waals surface area contributed by atoms with Gasteiger partial charge in [-0.2, -0.15) is 0 Å². The summed E-state index contributed by atoms with van der Waals surface area (Å²) >= 11 is 0. The van der Waals surface area contributed by atoms with Crippen LogP contribution >= 0.6 is 0 Å². The Morgan fingerprint density at radius 2 is 1.50 bits per heavy atom. The standard InChI is InChI=1S/C19H21F3N2/c20-17-3-1-2-15(12-17)6-7-23-8-10-24(11-9-23)14-16-4-5-18(21)19(22)13-16/h1-5,12-13H,6-11,14H2. The van der Waals surface area contributed by atoms with Crippen molar-refractivity contribution in [1.29, 1.82) is 0 Å². The maximum Gasteiger partial charge on any atom is 0.159 e. The molecule has 0 unspecified atom stereocenters. The largest absolute Gasteiger partial charge is 0.300 e. The molecule has 1 heterocycles. The zero-order valence-corrected chi connectivity index (χ0v) is 13.5. The van der Waals surface area contributed by atoms with Crippen LogP contribution in [-0.2, 0) is 13.0 Å². The molecule has 0 spiro atoms. The molecule has 0 saturated carbocycles. The average Bonchev–Trinajstić information content (AvgIpc) is 2.58. The number of benzene rings is 2. The first-order valence-corrected chi connectivity index (χ1v) is 8.23. The lowest BCUT2D eigenvalue weighted by Crippen LogP contribution is -2.46. The Morgan fingerprint density at radius 3 is 2.21 bits per heavy atom. The van der Waals surface area contributed by atoms with E-state index in [1.807, 2.05) is 6.07 Å². The fourth-order valence-electron chi connectivity index (χ4n) is 3.05. The van der Waals surface area contributed by atoms with E-state index < -0.39 is 11.6 Å². The van der Waals surface area contributed by atoms with Crippen molar-refractivity contribution in [2.45, 2.75) is 13.0 Å². The fourth-order valence-corrected chi connectivity index (χ4v) is 3.05. The first-order valence-electron chi connectivity index (χ1n) is 8.23. The molecule has 0 N–H and O–H groups in total. The van der Waals surface area contributed by atoms with E-state index in [0.717, 1.165) is 50.3 Å². The van der Waals surface area contributed by atoms with Crippen molar-refractivity contribution in [3.8, 4) is 0 Å². The van der Waals surface area contributed by atoms with Gasteiger partial charge in [0.15, 0.2) is 11.6 Å². The normalized spacial score (nSPS) is 16.5. The molecule has 0 radical (unpaired) electrons. The van der Waals surface area contributed by atoms with Crippen molar-refractivity contribution < 1.29 is 13.2 Å². The van der Waals surface area contributed by atoms with Crippen LogP contribution in [0.25, 0.3) is 0 Å². The number of halogens is 3. The second-order valence-electron chi connectivity index (χ2n) is 6.25. The first-order chi connectivity index (χ1) is 11.6. The summed E-state index contributed by atoms with van der Waals surface area (Å²) in [4.78, 5) is 4.60. The molecule has 0 aliphatic carbocycles. The zero-order chi connectivity index (χ0) is 16.9. The molecule has 24 heavy (non-hydrogen) atoms. The van der Waals surface area contributed by atoms with Crippen LogP contribution in [-0.4, -0.2) is 42.5 Å². The minimum atomic E-state index is -0.805. The molecule has 1 fully saturated rings. The lowest BCUT2D eigenvalue weighted by atomic mass is 10.1. The summed E-state index contributed by atoms with van der Waals surface area (Å²) in [7, 11) is 0. The maximum absolute atomic E-state index is 13.3. The number of piperazine rings is 1. The first kappa shape index (κ1) is 17.0. The maximum atomic E-state index is 13.3. The van der Waals surface area contributed by atoms with Gasteiger partial charge in [0.2, 0.25) is 0 Å². The Balaban J connectivity index is 1.44. The molecule has 1 saturated heterocycles. The minimum Gasteiger partial charge on any atom is -0.300 e. The van der Waals surface area contributed by atoms with Crippen LogP contribution in [0.3, 0.4) is 0 Å². The molecular weight excluding hydrogens is 313 g/mol. The van der Waals surface area contributed by atoms with E-state index in [4.69, 9.17) is 0 Å². The third-order valence-electron chi connectivity index (χ3n) is 4.46. The van der Waals surface area contributed by atoms with E-state index in [1.165, 1.54) is 18.2 Å². The predicted octanol–water partition coefficient (Wildman–Crippen LogP) is 3.46. The molecule has 3 rings (SSSR count). The van der Waals surface area contributed by atoms with Gasteiger partial charge in [-0.05, 0) is 41.8 Å². The van der Waals surface area contributed by atoms with Crippen LogP contribution in [0.4, 0.5) is 13.2 Å². The van der Waals surface area contributed by atoms with Gasteiger partial charge >= 0.3 is 0 Å². The van der Waals surface area contributed by atoms with Gasteiger partial charge in [-0.25, -0.2) is 13.2 Å². The molecule has 5 heteroatoms. The monoisotopic (exact) mass is 334 g/mol. The molecule has 128 valence electrons. The highest BCUT2D eigenvalue weighted by Gasteiger charge is 2.17. The molecular formula is C19H21F3N2. The Hall–Kier alpha value is -1.85. The highest BCUT2D eigenvalue weighted by molar-refractivity contribution is 5.18. The molecule has 0 aromatic heterocycles. The van der Waals surface area contributed by atoms with Crippen LogP contribution in [0, 0.1) is 17.5 Å². The molecule has 1 aliphatic rings. The SMILES string of the molecule is Fc1cccc(CCN2CCN(Cc3ccc(F)c(F)c3)CC2)c1. The highest BCUT2D eigenvalue weighted by atomic mass is 19.2. The highest BCUT2D eigenvalue weighted by Crippen LogP contribution is 2.13. The van der Waals surface area contributed by atoms with Crippen LogP contribution in [0.5, 0.6) is 0 Å². The molecule has 2 aromatic rings. The van der Waals surface area contributed by atoms with Crippen LogP contribution in [0.15, 0.2) is 42.5 Å². The van der Waals surface area contributed by atoms with Crippen LogP contribution in [0.2, 0.25) is 0 Å². The van der Waals surface area contributed by atoms with E-state index in [1.54, 1.807) is 18.2 Å². The van der Waals surface area contributed by atoms with Gasteiger partial charge in [0.25, 0.3) is 0 Å². The van der Waals surface area contributed by atoms with Gasteiger partial charge in [-0.3, -0.25) is 4.90 Å². The van der Waals surface area contributed by atoms with Crippen molar-refractivity contribution in [3.05, 3.63) is 71.0 Å². The number of rotatable bonds is 5. The quantitative estimate of drug-likeness (QED) is 0.826. The number of nitrogens with zero attached hydrogens (tertiary/aromatic N) is 2. The van der Waals surface area contributed by atoms with Gasteiger partial charge in [-0.1, -0.05) is 18.2 Å². The Morgan fingerprint density at radius 1 is 0.750 bits per heavy atom. The van der Waals surface area contributed by atoms with Crippen molar-refractivity contribution in [2.24, 2.45) is 0 Å². The second kappa shape index (κ2) is 7.81. The summed E-state index contributed by atoms with van der Waals surface area (Å²) in [5.74, 6) is -1.79. The van der Waals surface area contributed by atoms with Crippen molar-refractivity contribution in [1.82, 2.24) is 9.80 Å². The molecule has 0 atom stereocenters. The van der Waals surface area contributed by atoms with Gasteiger partial charge in [-0.15, -0.1) is 0 Å². The third kappa shape index (κ3) is 4.58. The van der Waals surface area contributed by atoms with E-state index in [9.17, 15) is 13.2 Å². The molecule has 2 aromatic carbocycles. The molecule has 0 amide bonds. The Kier molecular flexibility index (Phi) is 5.53. The van der Waals surface area contributed by atoms with Crippen molar-refractivity contribution in [2.75, 3.05) is 32.7 Å². The van der Waals surface area contributed by atoms with Gasteiger partial charge in [0.1, 0.15) is 5.82 Å². The van der Waals surface area contributed by atoms with Gasteiger partial charge < -0.3 is 4.90 Å². The van der Waals surface area contributed by atoms with E-state index in [0.29, 0.717) is 6.54 Å².